The van der Waals surface area contributed by atoms with Crippen LogP contribution >= 0.6 is 0 Å². The minimum absolute atomic E-state index is 0.215. The van der Waals surface area contributed by atoms with Crippen LogP contribution in [0.25, 0.3) is 16.7 Å². The maximum Gasteiger partial charge on any atom is 0.407 e. The Balaban J connectivity index is 1.53. The highest BCUT2D eigenvalue weighted by molar-refractivity contribution is 5.79. The summed E-state index contributed by atoms with van der Waals surface area (Å²) in [5.41, 5.74) is 0.756. The number of fused-ring (bicyclic) bond motifs is 1. The van der Waals surface area contributed by atoms with Crippen LogP contribution in [-0.4, -0.2) is 44.5 Å². The number of carbonyl (C=O) groups is 1. The molecule has 0 spiro atoms. The molecule has 0 unspecified atom stereocenters. The normalized spacial score (nSPS) is 14.0. The van der Waals surface area contributed by atoms with Crippen molar-refractivity contribution in [2.45, 2.75) is 39.3 Å². The van der Waals surface area contributed by atoms with E-state index in [1.54, 1.807) is 39.1 Å². The Morgan fingerprint density at radius 2 is 2.10 bits per heavy atom. The molecule has 29 heavy (non-hydrogen) atoms. The largest absolute Gasteiger partial charge is 0.444 e. The van der Waals surface area contributed by atoms with Crippen LogP contribution in [-0.2, 0) is 11.3 Å². The van der Waals surface area contributed by atoms with Gasteiger partial charge in [-0.15, -0.1) is 5.10 Å². The highest BCUT2D eigenvalue weighted by Crippen LogP contribution is 2.23. The average molecular weight is 398 g/mol. The molecule has 4 rings (SSSR count). The Morgan fingerprint density at radius 1 is 1.31 bits per heavy atom. The van der Waals surface area contributed by atoms with E-state index in [1.807, 2.05) is 11.0 Å². The topological polar surface area (TPSA) is 85.2 Å². The molecule has 0 aromatic carbocycles. The van der Waals surface area contributed by atoms with Crippen LogP contribution in [0.1, 0.15) is 32.9 Å². The Morgan fingerprint density at radius 3 is 2.79 bits per heavy atom. The number of rotatable bonds is 4. The van der Waals surface area contributed by atoms with Crippen molar-refractivity contribution >= 4 is 22.8 Å². The van der Waals surface area contributed by atoms with Crippen molar-refractivity contribution in [1.29, 1.82) is 0 Å². The zero-order chi connectivity index (χ0) is 20.6. The van der Waals surface area contributed by atoms with E-state index in [9.17, 15) is 9.18 Å². The first-order valence-electron chi connectivity index (χ1n) is 9.51. The number of hydrogen-bond donors (Lipinski definition) is 1. The fourth-order valence-corrected chi connectivity index (χ4v) is 2.95. The molecule has 3 aromatic rings. The molecule has 8 nitrogen and oxygen atoms in total. The molecule has 1 aliphatic rings. The molecule has 1 amide bonds. The van der Waals surface area contributed by atoms with Crippen molar-refractivity contribution in [3.63, 3.8) is 0 Å². The first-order chi connectivity index (χ1) is 13.8. The number of nitrogens with zero attached hydrogens (tertiary/aromatic N) is 5. The fraction of sp³-hybridized carbons (Fsp3) is 0.400. The fourth-order valence-electron chi connectivity index (χ4n) is 2.95. The zero-order valence-corrected chi connectivity index (χ0v) is 16.6. The summed E-state index contributed by atoms with van der Waals surface area (Å²) in [6.45, 7) is 7.26. The third-order valence-corrected chi connectivity index (χ3v) is 4.47. The van der Waals surface area contributed by atoms with E-state index >= 15 is 0 Å². The molecule has 0 radical (unpaired) electrons. The van der Waals surface area contributed by atoms with E-state index in [0.29, 0.717) is 22.8 Å². The van der Waals surface area contributed by atoms with Gasteiger partial charge in [-0.2, -0.15) is 0 Å². The number of pyridine rings is 2. The van der Waals surface area contributed by atoms with Crippen LogP contribution in [0.15, 0.2) is 30.6 Å². The molecular weight excluding hydrogens is 375 g/mol. The van der Waals surface area contributed by atoms with E-state index in [-0.39, 0.29) is 12.4 Å². The number of aromatic nitrogens is 4. The molecule has 3 aromatic heterocycles. The molecule has 1 saturated heterocycles. The summed E-state index contributed by atoms with van der Waals surface area (Å²) in [4.78, 5) is 22.6. The quantitative estimate of drug-likeness (QED) is 0.727. The minimum atomic E-state index is -0.564. The summed E-state index contributed by atoms with van der Waals surface area (Å²) in [5, 5.41) is 7.86. The van der Waals surface area contributed by atoms with Crippen molar-refractivity contribution in [2.75, 3.05) is 18.0 Å². The summed E-state index contributed by atoms with van der Waals surface area (Å²) < 4.78 is 20.9. The average Bonchev–Trinajstić information content (AvgIpc) is 2.98. The number of nitrogens with one attached hydrogen (secondary N) is 1. The second kappa shape index (κ2) is 7.31. The van der Waals surface area contributed by atoms with Gasteiger partial charge in [0.25, 0.3) is 0 Å². The number of ether oxygens (including phenoxy) is 1. The molecule has 0 atom stereocenters. The Labute approximate surface area is 167 Å². The Hall–Kier alpha value is -3.23. The van der Waals surface area contributed by atoms with E-state index in [0.717, 1.165) is 24.9 Å². The van der Waals surface area contributed by atoms with Gasteiger partial charge in [-0.3, -0.25) is 4.98 Å². The van der Waals surface area contributed by atoms with Gasteiger partial charge < -0.3 is 15.0 Å². The number of alkyl carbamates (subject to hydrolysis) is 1. The van der Waals surface area contributed by atoms with Gasteiger partial charge in [0.05, 0.1) is 24.0 Å². The standard InChI is InChI=1S/C20H23FN6O2/c1-20(2,3)29-19(28)23-11-14-9-16-13(10-22-14)5-6-17(24-16)27-12-15(21)18(25-27)26-7-4-8-26/h5-6,9-10,12H,4,7-8,11H2,1-3H3,(H,23,28). The van der Waals surface area contributed by atoms with Crippen LogP contribution in [0.4, 0.5) is 15.0 Å². The summed E-state index contributed by atoms with van der Waals surface area (Å²) in [6, 6.07) is 5.42. The van der Waals surface area contributed by atoms with E-state index < -0.39 is 11.7 Å². The van der Waals surface area contributed by atoms with E-state index in [1.165, 1.54) is 10.9 Å². The molecule has 152 valence electrons. The third-order valence-electron chi connectivity index (χ3n) is 4.47. The number of halogens is 1. The predicted molar refractivity (Wildman–Crippen MR) is 107 cm³/mol. The SMILES string of the molecule is CC(C)(C)OC(=O)NCc1cc2nc(-n3cc(F)c(N4CCC4)n3)ccc2cn1. The number of carbonyl (C=O) groups excluding carboxylic acids is 1. The van der Waals surface area contributed by atoms with Gasteiger partial charge >= 0.3 is 6.09 Å². The predicted octanol–water partition coefficient (Wildman–Crippen LogP) is 3.19. The maximum absolute atomic E-state index is 14.2. The first kappa shape index (κ1) is 19.1. The van der Waals surface area contributed by atoms with Crippen LogP contribution in [0.5, 0.6) is 0 Å². The van der Waals surface area contributed by atoms with Crippen molar-refractivity contribution in [2.24, 2.45) is 0 Å². The van der Waals surface area contributed by atoms with Crippen LogP contribution in [0.3, 0.4) is 0 Å². The van der Waals surface area contributed by atoms with E-state index in [2.05, 4.69) is 20.4 Å². The van der Waals surface area contributed by atoms with Gasteiger partial charge in [0.15, 0.2) is 17.5 Å². The molecule has 0 bridgehead atoms. The second-order valence-corrected chi connectivity index (χ2v) is 7.98. The van der Waals surface area contributed by atoms with Gasteiger partial charge in [-0.05, 0) is 45.4 Å². The summed E-state index contributed by atoms with van der Waals surface area (Å²) >= 11 is 0. The van der Waals surface area contributed by atoms with Crippen LogP contribution < -0.4 is 10.2 Å². The first-order valence-corrected chi connectivity index (χ1v) is 9.51. The summed E-state index contributed by atoms with van der Waals surface area (Å²) in [7, 11) is 0. The van der Waals surface area contributed by atoms with Gasteiger partial charge in [-0.1, -0.05) is 0 Å². The molecule has 1 N–H and O–H groups in total. The molecular formula is C20H23FN6O2. The van der Waals surface area contributed by atoms with Crippen LogP contribution in [0, 0.1) is 5.82 Å². The minimum Gasteiger partial charge on any atom is -0.444 e. The van der Waals surface area contributed by atoms with Gasteiger partial charge in [0.2, 0.25) is 0 Å². The number of anilines is 1. The molecule has 4 heterocycles. The van der Waals surface area contributed by atoms with Crippen molar-refractivity contribution in [3.05, 3.63) is 42.1 Å². The molecule has 1 fully saturated rings. The lowest BCUT2D eigenvalue weighted by Gasteiger charge is -2.30. The molecule has 0 aliphatic carbocycles. The zero-order valence-electron chi connectivity index (χ0n) is 16.6. The van der Waals surface area contributed by atoms with Gasteiger partial charge in [0, 0.05) is 24.7 Å². The lowest BCUT2D eigenvalue weighted by Crippen LogP contribution is -2.37. The highest BCUT2D eigenvalue weighted by Gasteiger charge is 2.22. The lowest BCUT2D eigenvalue weighted by molar-refractivity contribution is 0.0523. The molecule has 1 aliphatic heterocycles. The Kier molecular flexibility index (Phi) is 4.81. The monoisotopic (exact) mass is 398 g/mol. The summed E-state index contributed by atoms with van der Waals surface area (Å²) in [5.74, 6) is 0.513. The Bertz CT molecular complexity index is 1050. The number of hydrogen-bond acceptors (Lipinski definition) is 6. The van der Waals surface area contributed by atoms with Crippen molar-refractivity contribution in [1.82, 2.24) is 25.1 Å². The number of amides is 1. The van der Waals surface area contributed by atoms with Crippen molar-refractivity contribution < 1.29 is 13.9 Å². The molecule has 9 heteroatoms. The lowest BCUT2D eigenvalue weighted by atomic mass is 10.2. The summed E-state index contributed by atoms with van der Waals surface area (Å²) in [6.07, 6.45) is 3.57. The van der Waals surface area contributed by atoms with Crippen molar-refractivity contribution in [3.8, 4) is 5.82 Å². The maximum atomic E-state index is 14.2. The van der Waals surface area contributed by atoms with Crippen LogP contribution in [0.2, 0.25) is 0 Å². The smallest absolute Gasteiger partial charge is 0.407 e. The third kappa shape index (κ3) is 4.28. The highest BCUT2D eigenvalue weighted by atomic mass is 19.1. The molecule has 0 saturated carbocycles. The van der Waals surface area contributed by atoms with Gasteiger partial charge in [-0.25, -0.2) is 18.9 Å². The second-order valence-electron chi connectivity index (χ2n) is 7.98. The van der Waals surface area contributed by atoms with E-state index in [4.69, 9.17) is 4.74 Å². The van der Waals surface area contributed by atoms with Gasteiger partial charge in [0.1, 0.15) is 5.60 Å².